The van der Waals surface area contributed by atoms with Gasteiger partial charge in [0.15, 0.2) is 0 Å². The van der Waals surface area contributed by atoms with Gasteiger partial charge in [0.1, 0.15) is 10.6 Å². The molecule has 0 saturated heterocycles. The van der Waals surface area contributed by atoms with Gasteiger partial charge in [-0.3, -0.25) is 9.71 Å². The maximum Gasteiger partial charge on any atom is 0.491 e. The minimum atomic E-state index is -3.99. The predicted octanol–water partition coefficient (Wildman–Crippen LogP) is 1.57. The number of nitrogens with zero attached hydrogens (tertiary/aromatic N) is 2. The summed E-state index contributed by atoms with van der Waals surface area (Å²) in [6, 6.07) is 12.4. The van der Waals surface area contributed by atoms with Crippen molar-refractivity contribution in [1.29, 1.82) is 0 Å². The van der Waals surface area contributed by atoms with Crippen LogP contribution in [0.25, 0.3) is 0 Å². The van der Waals surface area contributed by atoms with Crippen molar-refractivity contribution in [1.82, 2.24) is 4.98 Å². The van der Waals surface area contributed by atoms with E-state index in [1.807, 2.05) is 0 Å². The molecule has 0 spiro atoms. The van der Waals surface area contributed by atoms with E-state index in [2.05, 4.69) is 9.71 Å². The highest BCUT2D eigenvalue weighted by Crippen LogP contribution is 2.33. The monoisotopic (exact) mass is 411 g/mol. The van der Waals surface area contributed by atoms with Gasteiger partial charge in [0.05, 0.1) is 24.2 Å². The fraction of sp³-hybridized carbons (Fsp3) is 0.105. The molecule has 3 aromatic rings. The Morgan fingerprint density at radius 1 is 1.21 bits per heavy atom. The van der Waals surface area contributed by atoms with Crippen molar-refractivity contribution in [3.8, 4) is 5.75 Å². The lowest BCUT2D eigenvalue weighted by Crippen LogP contribution is -2.28. The zero-order chi connectivity index (χ0) is 20.6. The van der Waals surface area contributed by atoms with Crippen LogP contribution >= 0.6 is 0 Å². The summed E-state index contributed by atoms with van der Waals surface area (Å²) in [5, 5.41) is 19.8. The zero-order valence-corrected chi connectivity index (χ0v) is 16.3. The number of benzene rings is 2. The van der Waals surface area contributed by atoms with Crippen molar-refractivity contribution in [3.05, 3.63) is 66.5 Å². The Balaban J connectivity index is 1.71. The van der Waals surface area contributed by atoms with Gasteiger partial charge < -0.3 is 19.7 Å². The van der Waals surface area contributed by atoms with E-state index in [0.717, 1.165) is 5.56 Å². The van der Waals surface area contributed by atoms with Gasteiger partial charge in [-0.1, -0.05) is 6.07 Å². The van der Waals surface area contributed by atoms with Crippen LogP contribution in [0.1, 0.15) is 5.56 Å². The van der Waals surface area contributed by atoms with Crippen molar-refractivity contribution in [2.45, 2.75) is 11.5 Å². The lowest BCUT2D eigenvalue weighted by Gasteiger charge is -2.22. The Kier molecular flexibility index (Phi) is 4.91. The van der Waals surface area contributed by atoms with Gasteiger partial charge >= 0.3 is 7.12 Å². The van der Waals surface area contributed by atoms with E-state index >= 15 is 0 Å². The average molecular weight is 411 g/mol. The molecule has 10 heteroatoms. The Labute approximate surface area is 168 Å². The maximum atomic E-state index is 13.1. The Bertz CT molecular complexity index is 1160. The Hall–Kier alpha value is -3.08. The second-order valence-corrected chi connectivity index (χ2v) is 8.26. The molecule has 3 N–H and O–H groups in total. The fourth-order valence-electron chi connectivity index (χ4n) is 3.17. The number of phenols is 1. The van der Waals surface area contributed by atoms with Crippen molar-refractivity contribution < 1.29 is 23.2 Å². The SMILES string of the molecule is CN(c1cccnc1)c1cc(O)ccc1S(=O)(=O)Nc1ccc2c(c1)B(O)OC2. The van der Waals surface area contributed by atoms with Gasteiger partial charge in [0, 0.05) is 25.0 Å². The standard InChI is InChI=1S/C19H18BN3O5S/c1-23(15-3-2-8-21-11-15)18-10-16(24)6-7-19(18)29(26,27)22-14-5-4-13-12-28-20(25)17(13)9-14/h2-11,22,24-25H,12H2,1H3. The first-order valence-electron chi connectivity index (χ1n) is 8.77. The molecule has 2 heterocycles. The topological polar surface area (TPSA) is 112 Å². The number of phenolic OH excluding ortho intramolecular Hbond substituents is 1. The van der Waals surface area contributed by atoms with Crippen LogP contribution in [0.5, 0.6) is 5.75 Å². The molecular weight excluding hydrogens is 393 g/mol. The summed E-state index contributed by atoms with van der Waals surface area (Å²) in [6.45, 7) is 0.279. The molecule has 0 radical (unpaired) electrons. The number of fused-ring (bicyclic) bond motifs is 1. The number of hydrogen-bond acceptors (Lipinski definition) is 7. The number of hydrogen-bond donors (Lipinski definition) is 3. The van der Waals surface area contributed by atoms with Gasteiger partial charge in [-0.05, 0) is 47.4 Å². The molecule has 29 heavy (non-hydrogen) atoms. The molecule has 0 amide bonds. The van der Waals surface area contributed by atoms with Gasteiger partial charge in [-0.25, -0.2) is 8.42 Å². The third kappa shape index (κ3) is 3.77. The summed E-state index contributed by atoms with van der Waals surface area (Å²) in [5.41, 5.74) is 2.59. The number of pyridine rings is 1. The molecule has 1 aliphatic rings. The molecule has 0 bridgehead atoms. The lowest BCUT2D eigenvalue weighted by atomic mass is 9.79. The van der Waals surface area contributed by atoms with Crippen LogP contribution in [0.15, 0.2) is 65.8 Å². The van der Waals surface area contributed by atoms with Gasteiger partial charge in [-0.15, -0.1) is 0 Å². The van der Waals surface area contributed by atoms with Crippen molar-refractivity contribution in [3.63, 3.8) is 0 Å². The van der Waals surface area contributed by atoms with Crippen LogP contribution in [-0.2, 0) is 21.3 Å². The highest BCUT2D eigenvalue weighted by Gasteiger charge is 2.28. The second-order valence-electron chi connectivity index (χ2n) is 6.60. The molecule has 1 aliphatic heterocycles. The van der Waals surface area contributed by atoms with E-state index in [4.69, 9.17) is 4.65 Å². The normalized spacial score (nSPS) is 13.2. The molecule has 4 rings (SSSR count). The van der Waals surface area contributed by atoms with Gasteiger partial charge in [-0.2, -0.15) is 0 Å². The van der Waals surface area contributed by atoms with E-state index in [1.165, 1.54) is 18.2 Å². The molecule has 0 saturated carbocycles. The van der Waals surface area contributed by atoms with E-state index in [0.29, 0.717) is 16.8 Å². The molecule has 8 nitrogen and oxygen atoms in total. The number of aromatic nitrogens is 1. The minimum absolute atomic E-state index is 0.0149. The third-order valence-electron chi connectivity index (χ3n) is 4.69. The molecule has 2 aromatic carbocycles. The van der Waals surface area contributed by atoms with Gasteiger partial charge in [0.2, 0.25) is 0 Å². The quantitative estimate of drug-likeness (QED) is 0.547. The highest BCUT2D eigenvalue weighted by molar-refractivity contribution is 7.92. The maximum absolute atomic E-state index is 13.1. The molecular formula is C19H18BN3O5S. The second kappa shape index (κ2) is 7.39. The summed E-state index contributed by atoms with van der Waals surface area (Å²) < 4.78 is 33.9. The van der Waals surface area contributed by atoms with E-state index in [1.54, 1.807) is 54.7 Å². The first-order chi connectivity index (χ1) is 13.8. The molecule has 148 valence electrons. The largest absolute Gasteiger partial charge is 0.508 e. The third-order valence-corrected chi connectivity index (χ3v) is 6.12. The molecule has 0 unspecified atom stereocenters. The molecule has 0 atom stereocenters. The summed E-state index contributed by atoms with van der Waals surface area (Å²) in [6.07, 6.45) is 3.21. The first kappa shape index (κ1) is 19.3. The number of sulfonamides is 1. The first-order valence-corrected chi connectivity index (χ1v) is 10.3. The Morgan fingerprint density at radius 2 is 2.03 bits per heavy atom. The number of aromatic hydroxyl groups is 1. The summed E-state index contributed by atoms with van der Waals surface area (Å²) in [7, 11) is -3.38. The molecule has 0 aliphatic carbocycles. The number of rotatable bonds is 5. The highest BCUT2D eigenvalue weighted by atomic mass is 32.2. The fourth-order valence-corrected chi connectivity index (χ4v) is 4.44. The van der Waals surface area contributed by atoms with Crippen LogP contribution in [0.4, 0.5) is 17.1 Å². The van der Waals surface area contributed by atoms with Crippen LogP contribution in [0.3, 0.4) is 0 Å². The van der Waals surface area contributed by atoms with Crippen LogP contribution in [0, 0.1) is 0 Å². The van der Waals surface area contributed by atoms with Gasteiger partial charge in [0.25, 0.3) is 10.0 Å². The van der Waals surface area contributed by atoms with Crippen LogP contribution < -0.4 is 15.1 Å². The lowest BCUT2D eigenvalue weighted by molar-refractivity contribution is 0.275. The van der Waals surface area contributed by atoms with Crippen molar-refractivity contribution in [2.24, 2.45) is 0 Å². The minimum Gasteiger partial charge on any atom is -0.508 e. The van der Waals surface area contributed by atoms with Crippen molar-refractivity contribution in [2.75, 3.05) is 16.7 Å². The van der Waals surface area contributed by atoms with E-state index in [9.17, 15) is 18.5 Å². The van der Waals surface area contributed by atoms with E-state index < -0.39 is 17.1 Å². The summed E-state index contributed by atoms with van der Waals surface area (Å²) in [4.78, 5) is 5.66. The van der Waals surface area contributed by atoms with E-state index in [-0.39, 0.29) is 22.9 Å². The van der Waals surface area contributed by atoms with Crippen molar-refractivity contribution >= 4 is 39.7 Å². The smallest absolute Gasteiger partial charge is 0.491 e. The number of nitrogens with one attached hydrogen (secondary N) is 1. The number of anilines is 3. The summed E-state index contributed by atoms with van der Waals surface area (Å²) >= 11 is 0. The Morgan fingerprint density at radius 3 is 2.79 bits per heavy atom. The molecule has 1 aromatic heterocycles. The molecule has 0 fully saturated rings. The van der Waals surface area contributed by atoms with Crippen LogP contribution in [0.2, 0.25) is 0 Å². The predicted molar refractivity (Wildman–Crippen MR) is 110 cm³/mol. The summed E-state index contributed by atoms with van der Waals surface area (Å²) in [5.74, 6) is -0.0625. The average Bonchev–Trinajstić information content (AvgIpc) is 3.08. The zero-order valence-electron chi connectivity index (χ0n) is 15.5. The van der Waals surface area contributed by atoms with Crippen LogP contribution in [-0.4, -0.2) is 37.7 Å².